The number of aryl methyl sites for hydroxylation is 3. The lowest BCUT2D eigenvalue weighted by Gasteiger charge is -2.09. The van der Waals surface area contributed by atoms with Gasteiger partial charge >= 0.3 is 0 Å². The maximum Gasteiger partial charge on any atom is 0.0707 e. The molecular weight excluding hydrogens is 258 g/mol. The Bertz CT molecular complexity index is 771. The van der Waals surface area contributed by atoms with E-state index in [4.69, 9.17) is 0 Å². The van der Waals surface area contributed by atoms with Crippen LogP contribution in [0.2, 0.25) is 0 Å². The zero-order chi connectivity index (χ0) is 14.8. The van der Waals surface area contributed by atoms with Crippen LogP contribution in [0, 0.1) is 13.8 Å². The first-order valence-electron chi connectivity index (χ1n) is 7.71. The third-order valence-corrected chi connectivity index (χ3v) is 4.17. The molecule has 3 rings (SSSR count). The predicted octanol–water partition coefficient (Wildman–Crippen LogP) is 3.81. The van der Waals surface area contributed by atoms with Crippen LogP contribution in [0.3, 0.4) is 0 Å². The summed E-state index contributed by atoms with van der Waals surface area (Å²) in [7, 11) is 2.01. The average Bonchev–Trinajstić information content (AvgIpc) is 2.78. The first kappa shape index (κ1) is 14.1. The highest BCUT2D eigenvalue weighted by atomic mass is 15.0. The summed E-state index contributed by atoms with van der Waals surface area (Å²) >= 11 is 0. The molecule has 1 N–H and O–H groups in total. The van der Waals surface area contributed by atoms with Gasteiger partial charge in [-0.15, -0.1) is 0 Å². The van der Waals surface area contributed by atoms with E-state index in [0.717, 1.165) is 18.8 Å². The smallest absolute Gasteiger partial charge is 0.0707 e. The number of hydrogen-bond donors (Lipinski definition) is 1. The summed E-state index contributed by atoms with van der Waals surface area (Å²) in [6.45, 7) is 6.40. The minimum absolute atomic E-state index is 1.05. The van der Waals surface area contributed by atoms with Crippen molar-refractivity contribution < 1.29 is 0 Å². The molecule has 2 heterocycles. The number of rotatable bonds is 5. The van der Waals surface area contributed by atoms with Gasteiger partial charge in [0.2, 0.25) is 0 Å². The van der Waals surface area contributed by atoms with E-state index in [2.05, 4.69) is 53.0 Å². The van der Waals surface area contributed by atoms with Crippen molar-refractivity contribution in [3.8, 4) is 0 Å². The quantitative estimate of drug-likeness (QED) is 0.721. The number of nitrogens with one attached hydrogen (secondary N) is 1. The second-order valence-corrected chi connectivity index (χ2v) is 5.78. The van der Waals surface area contributed by atoms with Crippen molar-refractivity contribution in [3.63, 3.8) is 0 Å². The third-order valence-electron chi connectivity index (χ3n) is 4.17. The fourth-order valence-corrected chi connectivity index (χ4v) is 3.13. The van der Waals surface area contributed by atoms with Crippen molar-refractivity contribution >= 4 is 21.8 Å². The van der Waals surface area contributed by atoms with E-state index in [9.17, 15) is 0 Å². The Labute approximate surface area is 126 Å². The summed E-state index contributed by atoms with van der Waals surface area (Å²) in [5.74, 6) is 0. The van der Waals surface area contributed by atoms with E-state index < -0.39 is 0 Å². The van der Waals surface area contributed by atoms with Crippen LogP contribution in [0.1, 0.15) is 24.1 Å². The topological polar surface area (TPSA) is 29.9 Å². The maximum absolute atomic E-state index is 4.50. The molecular formula is C18H23N3. The summed E-state index contributed by atoms with van der Waals surface area (Å²) in [5.41, 5.74) is 5.07. The minimum Gasteiger partial charge on any atom is -0.339 e. The van der Waals surface area contributed by atoms with Crippen molar-refractivity contribution in [1.82, 2.24) is 14.9 Å². The zero-order valence-electron chi connectivity index (χ0n) is 13.1. The summed E-state index contributed by atoms with van der Waals surface area (Å²) in [4.78, 5) is 4.50. The molecule has 0 saturated heterocycles. The van der Waals surface area contributed by atoms with Crippen molar-refractivity contribution in [2.75, 3.05) is 13.6 Å². The number of nitrogens with zero attached hydrogens (tertiary/aromatic N) is 2. The molecule has 0 amide bonds. The maximum atomic E-state index is 4.50. The lowest BCUT2D eigenvalue weighted by atomic mass is 10.1. The summed E-state index contributed by atoms with van der Waals surface area (Å²) in [6, 6.07) is 8.89. The predicted molar refractivity (Wildman–Crippen MR) is 89.9 cm³/mol. The molecule has 0 aliphatic heterocycles. The van der Waals surface area contributed by atoms with Gasteiger partial charge in [-0.3, -0.25) is 4.98 Å². The molecule has 0 atom stereocenters. The van der Waals surface area contributed by atoms with E-state index in [-0.39, 0.29) is 0 Å². The average molecular weight is 281 g/mol. The van der Waals surface area contributed by atoms with E-state index in [0.29, 0.717) is 0 Å². The Morgan fingerprint density at radius 2 is 1.95 bits per heavy atom. The summed E-state index contributed by atoms with van der Waals surface area (Å²) < 4.78 is 2.45. The van der Waals surface area contributed by atoms with Crippen LogP contribution in [0.4, 0.5) is 0 Å². The molecule has 3 heteroatoms. The van der Waals surface area contributed by atoms with E-state index in [1.165, 1.54) is 40.2 Å². The monoisotopic (exact) mass is 281 g/mol. The first-order chi connectivity index (χ1) is 10.2. The molecule has 110 valence electrons. The largest absolute Gasteiger partial charge is 0.339 e. The Morgan fingerprint density at radius 1 is 1.10 bits per heavy atom. The van der Waals surface area contributed by atoms with Crippen molar-refractivity contribution in [2.24, 2.45) is 0 Å². The van der Waals surface area contributed by atoms with Crippen LogP contribution >= 0.6 is 0 Å². The van der Waals surface area contributed by atoms with Gasteiger partial charge in [0, 0.05) is 29.0 Å². The second-order valence-electron chi connectivity index (χ2n) is 5.78. The van der Waals surface area contributed by atoms with Crippen LogP contribution in [0.15, 0.2) is 30.5 Å². The molecule has 0 unspecified atom stereocenters. The van der Waals surface area contributed by atoms with Gasteiger partial charge in [-0.1, -0.05) is 12.1 Å². The number of hydrogen-bond acceptors (Lipinski definition) is 2. The molecule has 0 fully saturated rings. The molecule has 2 aromatic heterocycles. The number of unbranched alkanes of at least 4 members (excludes halogenated alkanes) is 1. The van der Waals surface area contributed by atoms with Crippen molar-refractivity contribution in [3.05, 3.63) is 41.7 Å². The normalized spacial score (nSPS) is 11.6. The van der Waals surface area contributed by atoms with Gasteiger partial charge in [0.1, 0.15) is 0 Å². The van der Waals surface area contributed by atoms with Crippen molar-refractivity contribution in [1.29, 1.82) is 0 Å². The molecule has 0 spiro atoms. The van der Waals surface area contributed by atoms with E-state index >= 15 is 0 Å². The minimum atomic E-state index is 1.05. The summed E-state index contributed by atoms with van der Waals surface area (Å²) in [6.07, 6.45) is 4.30. The lowest BCUT2D eigenvalue weighted by Crippen LogP contribution is -2.09. The molecule has 3 aromatic rings. The van der Waals surface area contributed by atoms with Crippen LogP contribution in [0.25, 0.3) is 21.8 Å². The van der Waals surface area contributed by atoms with E-state index in [1.807, 2.05) is 13.2 Å². The van der Waals surface area contributed by atoms with Crippen LogP contribution in [0.5, 0.6) is 0 Å². The molecule has 0 bridgehead atoms. The Kier molecular flexibility index (Phi) is 3.93. The molecule has 21 heavy (non-hydrogen) atoms. The van der Waals surface area contributed by atoms with Gasteiger partial charge < -0.3 is 9.88 Å². The van der Waals surface area contributed by atoms with Gasteiger partial charge in [0.05, 0.1) is 11.2 Å². The Balaban J connectivity index is 2.15. The fraction of sp³-hybridized carbons (Fsp3) is 0.389. The zero-order valence-corrected chi connectivity index (χ0v) is 13.1. The van der Waals surface area contributed by atoms with Crippen LogP contribution in [-0.2, 0) is 6.54 Å². The van der Waals surface area contributed by atoms with Gasteiger partial charge in [-0.25, -0.2) is 0 Å². The third kappa shape index (κ3) is 2.54. The number of pyridine rings is 1. The SMILES string of the molecule is CNCCCCn1c2cc(C)ccc2c2ccnc(C)c21. The highest BCUT2D eigenvalue weighted by Gasteiger charge is 2.12. The number of fused-ring (bicyclic) bond motifs is 3. The number of aromatic nitrogens is 2. The highest BCUT2D eigenvalue weighted by molar-refractivity contribution is 6.08. The van der Waals surface area contributed by atoms with Gasteiger partial charge in [-0.2, -0.15) is 0 Å². The molecule has 0 aliphatic carbocycles. The van der Waals surface area contributed by atoms with Crippen molar-refractivity contribution in [2.45, 2.75) is 33.2 Å². The van der Waals surface area contributed by atoms with Crippen LogP contribution in [-0.4, -0.2) is 23.1 Å². The highest BCUT2D eigenvalue weighted by Crippen LogP contribution is 2.31. The van der Waals surface area contributed by atoms with Gasteiger partial charge in [0.25, 0.3) is 0 Å². The van der Waals surface area contributed by atoms with Crippen LogP contribution < -0.4 is 5.32 Å². The van der Waals surface area contributed by atoms with Gasteiger partial charge in [-0.05, 0) is 58.0 Å². The number of benzene rings is 1. The molecule has 0 saturated carbocycles. The Morgan fingerprint density at radius 3 is 2.76 bits per heavy atom. The standard InChI is InChI=1S/C18H23N3/c1-13-6-7-15-16-8-10-20-14(2)18(16)21(17(15)12-13)11-5-4-9-19-3/h6-8,10,12,19H,4-5,9,11H2,1-3H3. The molecule has 1 aromatic carbocycles. The van der Waals surface area contributed by atoms with Gasteiger partial charge in [0.15, 0.2) is 0 Å². The molecule has 0 radical (unpaired) electrons. The lowest BCUT2D eigenvalue weighted by molar-refractivity contribution is 0.611. The fourth-order valence-electron chi connectivity index (χ4n) is 3.13. The second kappa shape index (κ2) is 5.86. The van der Waals surface area contributed by atoms with E-state index in [1.54, 1.807) is 0 Å². The summed E-state index contributed by atoms with van der Waals surface area (Å²) in [5, 5.41) is 5.89. The Hall–Kier alpha value is -1.87. The molecule has 3 nitrogen and oxygen atoms in total. The first-order valence-corrected chi connectivity index (χ1v) is 7.71. The molecule has 0 aliphatic rings.